The normalized spacial score (nSPS) is 44.2. The first-order chi connectivity index (χ1) is 14.0. The molecule has 2 saturated carbocycles. The van der Waals surface area contributed by atoms with Crippen molar-refractivity contribution in [2.45, 2.75) is 65.3 Å². The van der Waals surface area contributed by atoms with Crippen LogP contribution < -0.4 is 0 Å². The summed E-state index contributed by atoms with van der Waals surface area (Å²) in [6, 6.07) is 0. The maximum Gasteiger partial charge on any atom is 0.334 e. The van der Waals surface area contributed by atoms with Gasteiger partial charge in [0.25, 0.3) is 0 Å². The number of rotatable bonds is 3. The van der Waals surface area contributed by atoms with Crippen LogP contribution in [0.15, 0.2) is 34.9 Å². The molecule has 0 aromatic rings. The Labute approximate surface area is 177 Å². The molecule has 0 heterocycles. The molecule has 4 unspecified atom stereocenters. The third-order valence-corrected chi connectivity index (χ3v) is 8.44. The molecular formula is C24H32O6. The minimum absolute atomic E-state index is 0.00132. The first-order valence-corrected chi connectivity index (χ1v) is 10.8. The molecule has 164 valence electrons. The van der Waals surface area contributed by atoms with Crippen molar-refractivity contribution in [1.82, 2.24) is 0 Å². The number of hydrogen-bond acceptors (Lipinski definition) is 6. The van der Waals surface area contributed by atoms with Gasteiger partial charge in [-0.2, -0.15) is 0 Å². The Morgan fingerprint density at radius 1 is 1.37 bits per heavy atom. The largest absolute Gasteiger partial charge is 0.451 e. The number of ether oxygens (including phenoxy) is 1. The molecule has 2 bridgehead atoms. The molecule has 7 atom stereocenters. The van der Waals surface area contributed by atoms with E-state index in [9.17, 15) is 24.9 Å². The van der Waals surface area contributed by atoms with Crippen molar-refractivity contribution in [1.29, 1.82) is 0 Å². The standard InChI is InChI=1S/C24H32O6/c1-6-12(2)21(28)30-20-13(3)10-23-8-7-16-17(22(16,4)5)15(19(23)27)9-14(11-25)18(26)24(20,23)29/h6,9-10,15-18,20,25-26,29H,7-8,11H2,1-5H3/b12-6-/t15?,16?,17-,18+,20-,23?,24?/m0/s1. The predicted molar refractivity (Wildman–Crippen MR) is 110 cm³/mol. The van der Waals surface area contributed by atoms with Gasteiger partial charge in [0.2, 0.25) is 0 Å². The second-order valence-electron chi connectivity index (χ2n) is 10.1. The lowest BCUT2D eigenvalue weighted by atomic mass is 9.63. The molecule has 0 aliphatic heterocycles. The van der Waals surface area contributed by atoms with Crippen LogP contribution in [0.5, 0.6) is 0 Å². The maximum atomic E-state index is 14.0. The number of aliphatic hydroxyl groups excluding tert-OH is 2. The van der Waals surface area contributed by atoms with E-state index >= 15 is 0 Å². The highest BCUT2D eigenvalue weighted by Crippen LogP contribution is 2.70. The van der Waals surface area contributed by atoms with Gasteiger partial charge in [-0.1, -0.05) is 32.1 Å². The van der Waals surface area contributed by atoms with Crippen molar-refractivity contribution >= 4 is 11.8 Å². The molecule has 4 aliphatic rings. The molecule has 0 saturated heterocycles. The molecule has 30 heavy (non-hydrogen) atoms. The first kappa shape index (κ1) is 21.5. The Morgan fingerprint density at radius 3 is 2.63 bits per heavy atom. The Bertz CT molecular complexity index is 895. The zero-order chi connectivity index (χ0) is 22.2. The minimum Gasteiger partial charge on any atom is -0.451 e. The Morgan fingerprint density at radius 2 is 2.03 bits per heavy atom. The van der Waals surface area contributed by atoms with Gasteiger partial charge in [-0.25, -0.2) is 4.79 Å². The number of fused-ring (bicyclic) bond motifs is 3. The summed E-state index contributed by atoms with van der Waals surface area (Å²) < 4.78 is 5.68. The van der Waals surface area contributed by atoms with Crippen LogP contribution in [0.25, 0.3) is 0 Å². The summed E-state index contributed by atoms with van der Waals surface area (Å²) in [4.78, 5) is 26.5. The smallest absolute Gasteiger partial charge is 0.334 e. The van der Waals surface area contributed by atoms with Crippen LogP contribution in [0.1, 0.15) is 47.5 Å². The van der Waals surface area contributed by atoms with Crippen LogP contribution in [0, 0.1) is 28.6 Å². The van der Waals surface area contributed by atoms with Gasteiger partial charge < -0.3 is 20.1 Å². The van der Waals surface area contributed by atoms with E-state index in [1.807, 2.05) is 0 Å². The van der Waals surface area contributed by atoms with Crippen molar-refractivity contribution in [3.8, 4) is 0 Å². The fourth-order valence-electron chi connectivity index (χ4n) is 6.53. The zero-order valence-corrected chi connectivity index (χ0v) is 18.3. The minimum atomic E-state index is -2.05. The second-order valence-corrected chi connectivity index (χ2v) is 10.1. The number of esters is 1. The topological polar surface area (TPSA) is 104 Å². The lowest BCUT2D eigenvalue weighted by Crippen LogP contribution is -2.63. The molecule has 1 spiro atoms. The van der Waals surface area contributed by atoms with Gasteiger partial charge in [0.15, 0.2) is 17.5 Å². The molecule has 6 nitrogen and oxygen atoms in total. The van der Waals surface area contributed by atoms with E-state index in [4.69, 9.17) is 4.74 Å². The average molecular weight is 417 g/mol. The van der Waals surface area contributed by atoms with Gasteiger partial charge >= 0.3 is 5.97 Å². The van der Waals surface area contributed by atoms with Gasteiger partial charge in [-0.05, 0) is 62.0 Å². The van der Waals surface area contributed by atoms with Crippen LogP contribution in [-0.4, -0.2) is 51.5 Å². The van der Waals surface area contributed by atoms with E-state index in [1.165, 1.54) is 0 Å². The highest BCUT2D eigenvalue weighted by Gasteiger charge is 2.74. The van der Waals surface area contributed by atoms with Crippen LogP contribution in [0.4, 0.5) is 0 Å². The number of aliphatic hydroxyl groups is 3. The summed E-state index contributed by atoms with van der Waals surface area (Å²) in [6.45, 7) is 8.86. The monoisotopic (exact) mass is 416 g/mol. The van der Waals surface area contributed by atoms with E-state index in [2.05, 4.69) is 13.8 Å². The van der Waals surface area contributed by atoms with Crippen LogP contribution >= 0.6 is 0 Å². The van der Waals surface area contributed by atoms with Crippen molar-refractivity contribution < 1.29 is 29.6 Å². The fraction of sp³-hybridized carbons (Fsp3) is 0.667. The number of carbonyl (C=O) groups excluding carboxylic acids is 2. The molecular weight excluding hydrogens is 384 g/mol. The number of carbonyl (C=O) groups is 2. The van der Waals surface area contributed by atoms with Crippen molar-refractivity contribution in [2.75, 3.05) is 6.61 Å². The van der Waals surface area contributed by atoms with Crippen molar-refractivity contribution in [2.24, 2.45) is 28.6 Å². The average Bonchev–Trinajstić information content (AvgIpc) is 3.23. The number of allylic oxidation sites excluding steroid dienone is 2. The summed E-state index contributed by atoms with van der Waals surface area (Å²) in [5, 5.41) is 33.3. The van der Waals surface area contributed by atoms with Gasteiger partial charge in [0.1, 0.15) is 6.10 Å². The van der Waals surface area contributed by atoms with E-state index in [0.717, 1.165) is 6.42 Å². The van der Waals surface area contributed by atoms with Crippen molar-refractivity contribution in [3.63, 3.8) is 0 Å². The number of ketones is 1. The third-order valence-electron chi connectivity index (χ3n) is 8.44. The van der Waals surface area contributed by atoms with Gasteiger partial charge in [0.05, 0.1) is 12.0 Å². The molecule has 0 amide bonds. The molecule has 0 aromatic carbocycles. The second kappa shape index (κ2) is 6.62. The van der Waals surface area contributed by atoms with E-state index in [0.29, 0.717) is 23.5 Å². The summed E-state index contributed by atoms with van der Waals surface area (Å²) in [5.74, 6) is -0.795. The van der Waals surface area contributed by atoms with Crippen molar-refractivity contribution in [3.05, 3.63) is 34.9 Å². The zero-order valence-electron chi connectivity index (χ0n) is 18.3. The van der Waals surface area contributed by atoms with E-state index in [-0.39, 0.29) is 22.7 Å². The molecule has 0 radical (unpaired) electrons. The summed E-state index contributed by atoms with van der Waals surface area (Å²) in [5.41, 5.74) is -2.27. The Kier molecular flexibility index (Phi) is 4.74. The van der Waals surface area contributed by atoms with Crippen LogP contribution in [0.3, 0.4) is 0 Å². The maximum absolute atomic E-state index is 14.0. The fourth-order valence-corrected chi connectivity index (χ4v) is 6.53. The SMILES string of the molecule is C/C=C(/C)C(=O)O[C@H]1C(C)=CC23CCC4[C@H](C(C=C(CO)[C@@H](O)C12O)C3=O)C4(C)C. The Balaban J connectivity index is 1.86. The molecule has 3 N–H and O–H groups in total. The number of Topliss-reactive ketones (excluding diaryl/α,β-unsaturated/α-hetero) is 1. The van der Waals surface area contributed by atoms with Gasteiger partial charge in [0, 0.05) is 11.5 Å². The molecule has 4 rings (SSSR count). The van der Waals surface area contributed by atoms with Crippen LogP contribution in [-0.2, 0) is 14.3 Å². The molecule has 2 fully saturated rings. The first-order valence-electron chi connectivity index (χ1n) is 10.8. The predicted octanol–water partition coefficient (Wildman–Crippen LogP) is 2.09. The molecule has 0 aromatic heterocycles. The summed E-state index contributed by atoms with van der Waals surface area (Å²) in [7, 11) is 0. The number of hydrogen-bond donors (Lipinski definition) is 3. The highest BCUT2D eigenvalue weighted by molar-refractivity contribution is 5.95. The van der Waals surface area contributed by atoms with E-state index in [1.54, 1.807) is 39.0 Å². The van der Waals surface area contributed by atoms with Crippen LogP contribution in [0.2, 0.25) is 0 Å². The molecule has 4 aliphatic carbocycles. The van der Waals surface area contributed by atoms with Gasteiger partial charge in [-0.3, -0.25) is 4.79 Å². The van der Waals surface area contributed by atoms with E-state index < -0.39 is 41.7 Å². The summed E-state index contributed by atoms with van der Waals surface area (Å²) >= 11 is 0. The third kappa shape index (κ3) is 2.47. The Hall–Kier alpha value is -1.76. The highest BCUT2D eigenvalue weighted by atomic mass is 16.6. The van der Waals surface area contributed by atoms with Gasteiger partial charge in [-0.15, -0.1) is 0 Å². The summed E-state index contributed by atoms with van der Waals surface area (Å²) in [6.07, 6.45) is 3.43. The quantitative estimate of drug-likeness (QED) is 0.370. The lowest BCUT2D eigenvalue weighted by Gasteiger charge is -2.46. The lowest BCUT2D eigenvalue weighted by molar-refractivity contribution is -0.194. The molecule has 6 heteroatoms.